The van der Waals surface area contributed by atoms with Crippen LogP contribution in [0, 0.1) is 0 Å². The van der Waals surface area contributed by atoms with E-state index in [0.29, 0.717) is 10.6 Å². The molecule has 3 amide bonds. The molecule has 0 saturated carbocycles. The highest BCUT2D eigenvalue weighted by atomic mass is 35.5. The van der Waals surface area contributed by atoms with Crippen molar-refractivity contribution >= 4 is 58.0 Å². The average Bonchev–Trinajstić information content (AvgIpc) is 2.90. The quantitative estimate of drug-likeness (QED) is 0.469. The topological polar surface area (TPSA) is 69.7 Å². The van der Waals surface area contributed by atoms with Gasteiger partial charge in [0, 0.05) is 11.3 Å². The number of rotatable bonds is 4. The third kappa shape index (κ3) is 5.11. The number of carbonyl (C=O) groups is 3. The Bertz CT molecular complexity index is 1300. The van der Waals surface area contributed by atoms with Gasteiger partial charge >= 0.3 is 6.18 Å². The van der Waals surface area contributed by atoms with Crippen LogP contribution >= 0.6 is 23.2 Å². The summed E-state index contributed by atoms with van der Waals surface area (Å²) in [6.07, 6.45) is -4.77. The molecule has 1 aliphatic heterocycles. The highest BCUT2D eigenvalue weighted by Gasteiger charge is 2.45. The lowest BCUT2D eigenvalue weighted by molar-refractivity contribution is -0.136. The van der Waals surface area contributed by atoms with Crippen molar-refractivity contribution in [2.75, 3.05) is 16.3 Å². The van der Waals surface area contributed by atoms with Gasteiger partial charge in [-0.3, -0.25) is 24.2 Å². The monoisotopic (exact) mass is 521 g/mol. The Morgan fingerprint density at radius 3 is 2.11 bits per heavy atom. The molecule has 3 aromatic carbocycles. The van der Waals surface area contributed by atoms with E-state index in [9.17, 15) is 27.6 Å². The van der Waals surface area contributed by atoms with E-state index in [1.165, 1.54) is 42.5 Å². The summed E-state index contributed by atoms with van der Waals surface area (Å²) in [7, 11) is 0. The largest absolute Gasteiger partial charge is 0.406 e. The first-order chi connectivity index (χ1) is 16.6. The van der Waals surface area contributed by atoms with Gasteiger partial charge in [0.15, 0.2) is 6.04 Å². The van der Waals surface area contributed by atoms with Crippen LogP contribution in [-0.4, -0.2) is 36.5 Å². The van der Waals surface area contributed by atoms with E-state index in [2.05, 4.69) is 5.32 Å². The minimum Gasteiger partial charge on any atom is -0.332 e. The maximum absolute atomic E-state index is 13.7. The summed E-state index contributed by atoms with van der Waals surface area (Å²) in [6, 6.07) is 15.8. The molecule has 0 radical (unpaired) electrons. The highest BCUT2D eigenvalue weighted by molar-refractivity contribution is 6.42. The van der Waals surface area contributed by atoms with Gasteiger partial charge in [-0.05, 0) is 42.5 Å². The lowest BCUT2D eigenvalue weighted by atomic mass is 10.1. The van der Waals surface area contributed by atoms with E-state index in [4.69, 9.17) is 23.2 Å². The second-order valence-electron chi connectivity index (χ2n) is 7.57. The van der Waals surface area contributed by atoms with Crippen LogP contribution in [0.4, 0.5) is 30.2 Å². The molecule has 6 nitrogen and oxygen atoms in total. The fourth-order valence-corrected chi connectivity index (χ4v) is 3.97. The lowest BCUT2D eigenvalue weighted by Gasteiger charge is -2.26. The maximum Gasteiger partial charge on any atom is 0.406 e. The number of hydrogen-bond acceptors (Lipinski definition) is 3. The number of carbonyl (C=O) groups excluding carboxylic acids is 3. The van der Waals surface area contributed by atoms with E-state index >= 15 is 0 Å². The van der Waals surface area contributed by atoms with Crippen LogP contribution in [0.3, 0.4) is 0 Å². The third-order valence-corrected chi connectivity index (χ3v) is 5.94. The molecule has 1 heterocycles. The minimum absolute atomic E-state index is 0.0320. The summed E-state index contributed by atoms with van der Waals surface area (Å²) in [5, 5.41) is 2.51. The highest BCUT2D eigenvalue weighted by Crippen LogP contribution is 2.39. The second-order valence-corrected chi connectivity index (χ2v) is 8.39. The SMILES string of the molecule is O=C(NC1C(=O)N(CC(F)(F)F)c2ccccc2N(c2ccccc2)C1=O)c1ccc(Cl)c(Cl)c1. The van der Waals surface area contributed by atoms with E-state index in [-0.39, 0.29) is 27.0 Å². The number of para-hydroxylation sites is 3. The molecule has 0 aromatic heterocycles. The number of alkyl halides is 3. The second kappa shape index (κ2) is 9.59. The van der Waals surface area contributed by atoms with E-state index in [1.54, 1.807) is 30.3 Å². The molecule has 0 saturated heterocycles. The molecule has 1 aliphatic rings. The predicted molar refractivity (Wildman–Crippen MR) is 126 cm³/mol. The van der Waals surface area contributed by atoms with Gasteiger partial charge in [0.05, 0.1) is 21.4 Å². The molecular weight excluding hydrogens is 506 g/mol. The molecule has 11 heteroatoms. The average molecular weight is 522 g/mol. The summed E-state index contributed by atoms with van der Waals surface area (Å²) in [5.41, 5.74) is 0.210. The number of halogens is 5. The van der Waals surface area contributed by atoms with Crippen molar-refractivity contribution in [3.8, 4) is 0 Å². The summed E-state index contributed by atoms with van der Waals surface area (Å²) in [5.74, 6) is -3.04. The number of nitrogens with zero attached hydrogens (tertiary/aromatic N) is 2. The summed E-state index contributed by atoms with van der Waals surface area (Å²) < 4.78 is 40.5. The molecule has 3 aromatic rings. The number of fused-ring (bicyclic) bond motifs is 1. The van der Waals surface area contributed by atoms with Gasteiger partial charge in [-0.25, -0.2) is 0 Å². The normalized spacial score (nSPS) is 16.1. The Hall–Kier alpha value is -3.56. The number of benzene rings is 3. The molecule has 0 spiro atoms. The van der Waals surface area contributed by atoms with Crippen LogP contribution in [0.15, 0.2) is 72.8 Å². The molecule has 180 valence electrons. The van der Waals surface area contributed by atoms with Crippen molar-refractivity contribution in [3.05, 3.63) is 88.4 Å². The molecule has 4 rings (SSSR count). The molecule has 1 N–H and O–H groups in total. The molecule has 1 atom stereocenters. The smallest absolute Gasteiger partial charge is 0.332 e. The van der Waals surface area contributed by atoms with Gasteiger partial charge in [-0.15, -0.1) is 0 Å². The Morgan fingerprint density at radius 1 is 0.857 bits per heavy atom. The van der Waals surface area contributed by atoms with Crippen LogP contribution in [-0.2, 0) is 9.59 Å². The van der Waals surface area contributed by atoms with Crippen molar-refractivity contribution in [3.63, 3.8) is 0 Å². The van der Waals surface area contributed by atoms with Crippen molar-refractivity contribution in [2.45, 2.75) is 12.2 Å². The number of amides is 3. The maximum atomic E-state index is 13.7. The van der Waals surface area contributed by atoms with Gasteiger partial charge in [-0.2, -0.15) is 13.2 Å². The molecule has 0 aliphatic carbocycles. The van der Waals surface area contributed by atoms with Crippen LogP contribution in [0.5, 0.6) is 0 Å². The Morgan fingerprint density at radius 2 is 1.49 bits per heavy atom. The standard InChI is InChI=1S/C24H16Cl2F3N3O3/c25-16-11-10-14(12-17(16)26)21(33)30-20-22(34)31(13-24(27,28)29)18-8-4-5-9-19(18)32(23(20)35)15-6-2-1-3-7-15/h1-12,20H,13H2,(H,30,33). The van der Waals surface area contributed by atoms with Crippen LogP contribution in [0.1, 0.15) is 10.4 Å². The zero-order valence-corrected chi connectivity index (χ0v) is 19.2. The predicted octanol–water partition coefficient (Wildman–Crippen LogP) is 5.37. The zero-order valence-electron chi connectivity index (χ0n) is 17.7. The van der Waals surface area contributed by atoms with Crippen molar-refractivity contribution in [1.29, 1.82) is 0 Å². The Labute approximate surface area is 207 Å². The number of anilines is 3. The first-order valence-electron chi connectivity index (χ1n) is 10.2. The first kappa shape index (κ1) is 24.6. The van der Waals surface area contributed by atoms with Gasteiger partial charge in [0.25, 0.3) is 17.7 Å². The molecule has 35 heavy (non-hydrogen) atoms. The van der Waals surface area contributed by atoms with Crippen molar-refractivity contribution < 1.29 is 27.6 Å². The summed E-state index contributed by atoms with van der Waals surface area (Å²) in [6.45, 7) is -1.65. The van der Waals surface area contributed by atoms with Gasteiger partial charge in [0.1, 0.15) is 6.54 Å². The van der Waals surface area contributed by atoms with E-state index in [1.807, 2.05) is 0 Å². The van der Waals surface area contributed by atoms with Gasteiger partial charge in [0.2, 0.25) is 0 Å². The third-order valence-electron chi connectivity index (χ3n) is 5.20. The lowest BCUT2D eigenvalue weighted by Crippen LogP contribution is -2.56. The first-order valence-corrected chi connectivity index (χ1v) is 10.9. The fraction of sp³-hybridized carbons (Fsp3) is 0.125. The zero-order chi connectivity index (χ0) is 25.3. The minimum atomic E-state index is -4.77. The molecule has 0 bridgehead atoms. The van der Waals surface area contributed by atoms with Crippen LogP contribution in [0.2, 0.25) is 10.0 Å². The van der Waals surface area contributed by atoms with Crippen LogP contribution < -0.4 is 15.1 Å². The van der Waals surface area contributed by atoms with Gasteiger partial charge < -0.3 is 5.32 Å². The number of hydrogen-bond donors (Lipinski definition) is 1. The molecule has 0 fully saturated rings. The van der Waals surface area contributed by atoms with E-state index < -0.39 is 36.5 Å². The van der Waals surface area contributed by atoms with Gasteiger partial charge in [-0.1, -0.05) is 53.5 Å². The van der Waals surface area contributed by atoms with Crippen molar-refractivity contribution in [1.82, 2.24) is 5.32 Å². The van der Waals surface area contributed by atoms with Crippen molar-refractivity contribution in [2.24, 2.45) is 0 Å². The van der Waals surface area contributed by atoms with E-state index in [0.717, 1.165) is 4.90 Å². The molecular formula is C24H16Cl2F3N3O3. The number of nitrogens with one attached hydrogen (secondary N) is 1. The summed E-state index contributed by atoms with van der Waals surface area (Å²) in [4.78, 5) is 41.5. The Balaban J connectivity index is 1.83. The Kier molecular flexibility index (Phi) is 6.73. The fourth-order valence-electron chi connectivity index (χ4n) is 3.67. The summed E-state index contributed by atoms with van der Waals surface area (Å²) >= 11 is 11.8. The molecule has 1 unspecified atom stereocenters. The van der Waals surface area contributed by atoms with Crippen LogP contribution in [0.25, 0.3) is 0 Å².